The van der Waals surface area contributed by atoms with Crippen molar-refractivity contribution in [3.63, 3.8) is 0 Å². The second-order valence-electron chi connectivity index (χ2n) is 7.11. The summed E-state index contributed by atoms with van der Waals surface area (Å²) in [6.45, 7) is 5.40. The number of carbonyl (C=O) groups is 1. The molecule has 2 aliphatic heterocycles. The van der Waals surface area contributed by atoms with E-state index in [1.165, 1.54) is 29.3 Å². The van der Waals surface area contributed by atoms with Crippen molar-refractivity contribution >= 4 is 29.2 Å². The van der Waals surface area contributed by atoms with Gasteiger partial charge in [0.15, 0.2) is 11.6 Å². The Balaban J connectivity index is 1.95. The summed E-state index contributed by atoms with van der Waals surface area (Å²) in [5.74, 6) is -1.07. The smallest absolute Gasteiger partial charge is 0.218 e. The molecule has 9 heteroatoms. The van der Waals surface area contributed by atoms with Gasteiger partial charge in [-0.3, -0.25) is 4.79 Å². The highest BCUT2D eigenvalue weighted by Crippen LogP contribution is 2.30. The van der Waals surface area contributed by atoms with E-state index in [-0.39, 0.29) is 34.8 Å². The van der Waals surface area contributed by atoms with Crippen LogP contribution in [0.2, 0.25) is 0 Å². The molecule has 158 valence electrons. The minimum absolute atomic E-state index is 0.0382. The molecule has 0 spiro atoms. The second-order valence-corrected chi connectivity index (χ2v) is 7.47. The maximum atomic E-state index is 14.1. The first-order valence-electron chi connectivity index (χ1n) is 9.42. The highest BCUT2D eigenvalue weighted by atomic mass is 35.5. The van der Waals surface area contributed by atoms with Crippen molar-refractivity contribution in [1.29, 1.82) is 0 Å². The lowest BCUT2D eigenvalue weighted by Crippen LogP contribution is -2.51. The lowest BCUT2D eigenvalue weighted by atomic mass is 10.0. The van der Waals surface area contributed by atoms with Crippen LogP contribution in [0.5, 0.6) is 0 Å². The van der Waals surface area contributed by atoms with E-state index < -0.39 is 17.8 Å². The number of benzene rings is 1. The summed E-state index contributed by atoms with van der Waals surface area (Å²) in [7, 11) is 0. The average molecular weight is 434 g/mol. The number of carbonyl (C=O) groups excluding carboxylic acids is 1. The summed E-state index contributed by atoms with van der Waals surface area (Å²) in [6.07, 6.45) is 4.16. The van der Waals surface area contributed by atoms with Gasteiger partial charge in [-0.05, 0) is 30.7 Å². The molecule has 0 aromatic heterocycles. The van der Waals surface area contributed by atoms with Crippen molar-refractivity contribution in [2.24, 2.45) is 21.6 Å². The van der Waals surface area contributed by atoms with Crippen LogP contribution in [0.3, 0.4) is 0 Å². The van der Waals surface area contributed by atoms with E-state index >= 15 is 0 Å². The normalized spacial score (nSPS) is 19.5. The van der Waals surface area contributed by atoms with Gasteiger partial charge in [-0.25, -0.2) is 29.2 Å². The van der Waals surface area contributed by atoms with E-state index in [1.54, 1.807) is 32.9 Å². The minimum Gasteiger partial charge on any atom is -0.368 e. The number of nitrogens with zero attached hydrogens (tertiary/aromatic N) is 3. The summed E-state index contributed by atoms with van der Waals surface area (Å²) in [5, 5.41) is 1.53. The molecule has 1 aromatic carbocycles. The SMILES string of the molecule is C/C=C(\C=C/C(=O)C(C)C)C1=C(Cl)N=C(N)N2NC(Cc3c(F)cccc3F)N=C12. The molecule has 1 aromatic rings. The Hall–Kier alpha value is -2.84. The third-order valence-corrected chi connectivity index (χ3v) is 4.97. The van der Waals surface area contributed by atoms with E-state index in [9.17, 15) is 13.6 Å². The van der Waals surface area contributed by atoms with Crippen LogP contribution >= 0.6 is 11.6 Å². The maximum absolute atomic E-state index is 14.1. The van der Waals surface area contributed by atoms with Gasteiger partial charge in [-0.1, -0.05) is 43.7 Å². The number of ketones is 1. The Kier molecular flexibility index (Phi) is 6.48. The highest BCUT2D eigenvalue weighted by Gasteiger charge is 2.35. The molecular formula is C21H22ClF2N5O. The Labute approximate surface area is 178 Å². The summed E-state index contributed by atoms with van der Waals surface area (Å²) >= 11 is 6.35. The predicted molar refractivity (Wildman–Crippen MR) is 114 cm³/mol. The van der Waals surface area contributed by atoms with Gasteiger partial charge < -0.3 is 5.73 Å². The summed E-state index contributed by atoms with van der Waals surface area (Å²) in [4.78, 5) is 20.7. The maximum Gasteiger partial charge on any atom is 0.218 e. The molecule has 0 aliphatic carbocycles. The van der Waals surface area contributed by atoms with Crippen LogP contribution in [0.15, 0.2) is 62.7 Å². The van der Waals surface area contributed by atoms with Crippen LogP contribution in [0.4, 0.5) is 8.78 Å². The molecule has 3 N–H and O–H groups in total. The molecule has 2 aliphatic rings. The zero-order chi connectivity index (χ0) is 22.0. The fraction of sp³-hybridized carbons (Fsp3) is 0.286. The van der Waals surface area contributed by atoms with Gasteiger partial charge in [-0.2, -0.15) is 0 Å². The largest absolute Gasteiger partial charge is 0.368 e. The monoisotopic (exact) mass is 433 g/mol. The fourth-order valence-electron chi connectivity index (χ4n) is 3.04. The van der Waals surface area contributed by atoms with E-state index in [2.05, 4.69) is 15.4 Å². The standard InChI is InChI=1S/C21H22ClF2N5O/c1-4-12(8-9-16(30)11(2)3)18-19(22)27-21(25)29-20(18)26-17(28-29)10-13-14(23)6-5-7-15(13)24/h4-9,11,17,28H,10H2,1-3H3,(H2,25,27)/b9-8-,12-4+. The number of halogens is 3. The number of guanidine groups is 1. The summed E-state index contributed by atoms with van der Waals surface area (Å²) in [6, 6.07) is 3.69. The van der Waals surface area contributed by atoms with Crippen LogP contribution < -0.4 is 11.2 Å². The van der Waals surface area contributed by atoms with Crippen LogP contribution in [-0.4, -0.2) is 28.8 Å². The lowest BCUT2D eigenvalue weighted by Gasteiger charge is -2.26. The Morgan fingerprint density at radius 1 is 1.33 bits per heavy atom. The summed E-state index contributed by atoms with van der Waals surface area (Å²) < 4.78 is 28.1. The predicted octanol–water partition coefficient (Wildman–Crippen LogP) is 3.56. The molecule has 1 unspecified atom stereocenters. The zero-order valence-electron chi connectivity index (χ0n) is 16.8. The van der Waals surface area contributed by atoms with Gasteiger partial charge >= 0.3 is 0 Å². The van der Waals surface area contributed by atoms with Crippen molar-refractivity contribution < 1.29 is 13.6 Å². The molecular weight excluding hydrogens is 412 g/mol. The molecule has 0 fully saturated rings. The van der Waals surface area contributed by atoms with Gasteiger partial charge in [-0.15, -0.1) is 0 Å². The van der Waals surface area contributed by atoms with Crippen LogP contribution in [0, 0.1) is 17.6 Å². The number of allylic oxidation sites excluding steroid dienone is 3. The van der Waals surface area contributed by atoms with Crippen molar-refractivity contribution in [3.05, 3.63) is 69.9 Å². The van der Waals surface area contributed by atoms with Crippen LogP contribution in [0.1, 0.15) is 26.3 Å². The molecule has 0 saturated carbocycles. The van der Waals surface area contributed by atoms with Crippen molar-refractivity contribution in [1.82, 2.24) is 10.4 Å². The number of hydrazine groups is 1. The average Bonchev–Trinajstić information content (AvgIpc) is 3.11. The molecule has 0 bridgehead atoms. The molecule has 1 atom stereocenters. The molecule has 6 nitrogen and oxygen atoms in total. The Morgan fingerprint density at radius 3 is 2.60 bits per heavy atom. The van der Waals surface area contributed by atoms with Gasteiger partial charge in [0, 0.05) is 17.9 Å². The summed E-state index contributed by atoms with van der Waals surface area (Å²) in [5.41, 5.74) is 9.95. The first-order valence-corrected chi connectivity index (χ1v) is 9.80. The number of nitrogens with one attached hydrogen (secondary N) is 1. The number of hydrogen-bond acceptors (Lipinski definition) is 6. The van der Waals surface area contributed by atoms with Crippen molar-refractivity contribution in [2.45, 2.75) is 33.4 Å². The molecule has 0 amide bonds. The van der Waals surface area contributed by atoms with Gasteiger partial charge in [0.05, 0.1) is 5.57 Å². The third kappa shape index (κ3) is 4.34. The van der Waals surface area contributed by atoms with Crippen molar-refractivity contribution in [3.8, 4) is 0 Å². The van der Waals surface area contributed by atoms with E-state index in [1.807, 2.05) is 0 Å². The quantitative estimate of drug-likeness (QED) is 0.408. The zero-order valence-corrected chi connectivity index (χ0v) is 17.5. The first-order chi connectivity index (χ1) is 14.2. The molecule has 3 rings (SSSR count). The Morgan fingerprint density at radius 2 is 2.00 bits per heavy atom. The van der Waals surface area contributed by atoms with Gasteiger partial charge in [0.25, 0.3) is 0 Å². The van der Waals surface area contributed by atoms with Crippen LogP contribution in [-0.2, 0) is 11.2 Å². The molecule has 30 heavy (non-hydrogen) atoms. The molecule has 0 saturated heterocycles. The van der Waals surface area contributed by atoms with Crippen LogP contribution in [0.25, 0.3) is 0 Å². The highest BCUT2D eigenvalue weighted by molar-refractivity contribution is 6.35. The fourth-order valence-corrected chi connectivity index (χ4v) is 3.32. The Bertz CT molecular complexity index is 1010. The number of hydrogen-bond donors (Lipinski definition) is 2. The van der Waals surface area contributed by atoms with E-state index in [0.717, 1.165) is 0 Å². The lowest BCUT2D eigenvalue weighted by molar-refractivity contribution is -0.117. The molecule has 2 heterocycles. The number of fused-ring (bicyclic) bond motifs is 1. The van der Waals surface area contributed by atoms with E-state index in [4.69, 9.17) is 17.3 Å². The number of amidine groups is 1. The second kappa shape index (κ2) is 8.89. The molecule has 0 radical (unpaired) electrons. The topological polar surface area (TPSA) is 83.1 Å². The number of rotatable bonds is 6. The van der Waals surface area contributed by atoms with Gasteiger partial charge in [0.2, 0.25) is 5.96 Å². The van der Waals surface area contributed by atoms with Crippen molar-refractivity contribution in [2.75, 3.05) is 0 Å². The third-order valence-electron chi connectivity index (χ3n) is 4.69. The number of nitrogens with two attached hydrogens (primary N) is 1. The first kappa shape index (κ1) is 21.9. The van der Waals surface area contributed by atoms with E-state index in [0.29, 0.717) is 17.0 Å². The minimum atomic E-state index is -0.683. The van der Waals surface area contributed by atoms with Gasteiger partial charge in [0.1, 0.15) is 23.0 Å². The number of aliphatic imine (C=N–C) groups is 2.